The van der Waals surface area contributed by atoms with Gasteiger partial charge in [0.1, 0.15) is 0 Å². The van der Waals surface area contributed by atoms with Crippen LogP contribution in [0.4, 0.5) is 5.69 Å². The second-order valence-electron chi connectivity index (χ2n) is 7.02. The zero-order chi connectivity index (χ0) is 22.5. The molecule has 0 spiro atoms. The second kappa shape index (κ2) is 9.94. The first-order valence-electron chi connectivity index (χ1n) is 9.78. The number of aromatic nitrogens is 2. The number of carbonyl (C=O) groups is 2. The predicted molar refractivity (Wildman–Crippen MR) is 123 cm³/mol. The summed E-state index contributed by atoms with van der Waals surface area (Å²) in [6.07, 6.45) is 1.51. The van der Waals surface area contributed by atoms with Crippen LogP contribution in [0.3, 0.4) is 0 Å². The van der Waals surface area contributed by atoms with Crippen molar-refractivity contribution in [1.82, 2.24) is 14.5 Å². The van der Waals surface area contributed by atoms with Gasteiger partial charge in [-0.1, -0.05) is 41.4 Å². The maximum Gasteiger partial charge on any atom is 0.261 e. The lowest BCUT2D eigenvalue weighted by atomic mass is 10.1. The van der Waals surface area contributed by atoms with Gasteiger partial charge < -0.3 is 10.2 Å². The van der Waals surface area contributed by atoms with Gasteiger partial charge >= 0.3 is 0 Å². The Morgan fingerprint density at radius 3 is 2.48 bits per heavy atom. The Kier molecular flexibility index (Phi) is 7.30. The minimum absolute atomic E-state index is 0.0624. The molecule has 7 nitrogen and oxygen atoms in total. The van der Waals surface area contributed by atoms with E-state index in [1.165, 1.54) is 15.8 Å². The van der Waals surface area contributed by atoms with E-state index in [2.05, 4.69) is 10.3 Å². The molecule has 0 fully saturated rings. The highest BCUT2D eigenvalue weighted by Gasteiger charge is 2.18. The lowest BCUT2D eigenvalue weighted by Crippen LogP contribution is -2.38. The van der Waals surface area contributed by atoms with Crippen LogP contribution in [-0.4, -0.2) is 39.4 Å². The number of nitrogens with zero attached hydrogens (tertiary/aromatic N) is 3. The Morgan fingerprint density at radius 2 is 1.81 bits per heavy atom. The lowest BCUT2D eigenvalue weighted by molar-refractivity contribution is -0.134. The van der Waals surface area contributed by atoms with Crippen LogP contribution in [0.2, 0.25) is 10.0 Å². The topological polar surface area (TPSA) is 84.3 Å². The Balaban J connectivity index is 1.65. The molecule has 31 heavy (non-hydrogen) atoms. The highest BCUT2D eigenvalue weighted by atomic mass is 35.5. The van der Waals surface area contributed by atoms with Crippen molar-refractivity contribution in [2.45, 2.75) is 26.8 Å². The van der Waals surface area contributed by atoms with Gasteiger partial charge in [0, 0.05) is 19.5 Å². The van der Waals surface area contributed by atoms with Crippen molar-refractivity contribution in [3.63, 3.8) is 0 Å². The molecule has 9 heteroatoms. The summed E-state index contributed by atoms with van der Waals surface area (Å²) < 4.78 is 1.41. The number of benzene rings is 2. The van der Waals surface area contributed by atoms with Crippen LogP contribution >= 0.6 is 23.2 Å². The van der Waals surface area contributed by atoms with E-state index in [4.69, 9.17) is 23.2 Å². The number of aryl methyl sites for hydroxylation is 2. The van der Waals surface area contributed by atoms with Gasteiger partial charge in [-0.05, 0) is 37.6 Å². The number of anilines is 1. The molecule has 0 saturated carbocycles. The summed E-state index contributed by atoms with van der Waals surface area (Å²) >= 11 is 12.1. The fourth-order valence-electron chi connectivity index (χ4n) is 3.22. The number of hydrogen-bond acceptors (Lipinski definition) is 4. The third-order valence-electron chi connectivity index (χ3n) is 4.92. The molecule has 0 unspecified atom stereocenters. The molecule has 1 aromatic heterocycles. The van der Waals surface area contributed by atoms with Gasteiger partial charge in [-0.3, -0.25) is 19.0 Å². The molecular weight excluding hydrogens is 439 g/mol. The third-order valence-corrected chi connectivity index (χ3v) is 5.55. The molecule has 0 atom stereocenters. The van der Waals surface area contributed by atoms with Crippen molar-refractivity contribution in [2.24, 2.45) is 0 Å². The standard InChI is InChI=1S/C22H22Cl2N4O3/c1-3-27(12-18(29)26-21-16(23)8-5-9-17(21)24)19(30)10-11-28-13-25-20-14(2)6-4-7-15(20)22(28)31/h4-9,13H,3,10-12H2,1-2H3,(H,26,29). The van der Waals surface area contributed by atoms with Gasteiger partial charge in [-0.2, -0.15) is 0 Å². The number of para-hydroxylation sites is 2. The van der Waals surface area contributed by atoms with E-state index in [1.807, 2.05) is 13.0 Å². The minimum Gasteiger partial charge on any atom is -0.334 e. The van der Waals surface area contributed by atoms with Crippen molar-refractivity contribution in [1.29, 1.82) is 0 Å². The van der Waals surface area contributed by atoms with Gasteiger partial charge in [0.2, 0.25) is 11.8 Å². The van der Waals surface area contributed by atoms with Gasteiger partial charge in [0.25, 0.3) is 5.56 Å². The number of likely N-dealkylation sites (N-methyl/N-ethyl adjacent to an activating group) is 1. The van der Waals surface area contributed by atoms with E-state index in [9.17, 15) is 14.4 Å². The molecule has 1 N–H and O–H groups in total. The van der Waals surface area contributed by atoms with Crippen molar-refractivity contribution < 1.29 is 9.59 Å². The molecule has 0 aliphatic rings. The normalized spacial score (nSPS) is 10.8. The smallest absolute Gasteiger partial charge is 0.261 e. The Labute approximate surface area is 189 Å². The summed E-state index contributed by atoms with van der Waals surface area (Å²) in [6, 6.07) is 10.3. The number of fused-ring (bicyclic) bond motifs is 1. The van der Waals surface area contributed by atoms with Gasteiger partial charge in [-0.15, -0.1) is 0 Å². The molecule has 2 aromatic carbocycles. The molecule has 2 amide bonds. The highest BCUT2D eigenvalue weighted by Crippen LogP contribution is 2.29. The van der Waals surface area contributed by atoms with E-state index in [0.717, 1.165) is 5.56 Å². The molecule has 1 heterocycles. The summed E-state index contributed by atoms with van der Waals surface area (Å²) in [5, 5.41) is 3.78. The predicted octanol–water partition coefficient (Wildman–Crippen LogP) is 3.89. The lowest BCUT2D eigenvalue weighted by Gasteiger charge is -2.21. The Hall–Kier alpha value is -2.90. The van der Waals surface area contributed by atoms with Crippen LogP contribution in [-0.2, 0) is 16.1 Å². The molecule has 0 bridgehead atoms. The maximum absolute atomic E-state index is 12.7. The average Bonchev–Trinajstić information content (AvgIpc) is 2.74. The third kappa shape index (κ3) is 5.24. The van der Waals surface area contributed by atoms with Gasteiger partial charge in [-0.25, -0.2) is 4.98 Å². The SMILES string of the molecule is CCN(CC(=O)Nc1c(Cl)cccc1Cl)C(=O)CCn1cnc2c(C)cccc2c1=O. The number of amides is 2. The molecule has 3 aromatic rings. The molecule has 3 rings (SSSR count). The highest BCUT2D eigenvalue weighted by molar-refractivity contribution is 6.39. The van der Waals surface area contributed by atoms with E-state index in [0.29, 0.717) is 33.2 Å². The van der Waals surface area contributed by atoms with Gasteiger partial charge in [0.15, 0.2) is 0 Å². The van der Waals surface area contributed by atoms with Crippen molar-refractivity contribution in [2.75, 3.05) is 18.4 Å². The summed E-state index contributed by atoms with van der Waals surface area (Å²) in [4.78, 5) is 43.5. The zero-order valence-electron chi connectivity index (χ0n) is 17.2. The van der Waals surface area contributed by atoms with E-state index in [-0.39, 0.29) is 31.0 Å². The first kappa shape index (κ1) is 22.8. The van der Waals surface area contributed by atoms with Crippen LogP contribution < -0.4 is 10.9 Å². The maximum atomic E-state index is 12.7. The first-order chi connectivity index (χ1) is 14.8. The number of carbonyl (C=O) groups excluding carboxylic acids is 2. The summed E-state index contributed by atoms with van der Waals surface area (Å²) in [7, 11) is 0. The van der Waals surface area contributed by atoms with Crippen LogP contribution in [0, 0.1) is 6.92 Å². The molecule has 162 valence electrons. The first-order valence-corrected chi connectivity index (χ1v) is 10.5. The largest absolute Gasteiger partial charge is 0.334 e. The fourth-order valence-corrected chi connectivity index (χ4v) is 3.71. The molecular formula is C22H22Cl2N4O3. The molecule has 0 saturated heterocycles. The monoisotopic (exact) mass is 460 g/mol. The fraction of sp³-hybridized carbons (Fsp3) is 0.273. The summed E-state index contributed by atoms with van der Waals surface area (Å²) in [5.41, 5.74) is 1.68. The van der Waals surface area contributed by atoms with E-state index >= 15 is 0 Å². The summed E-state index contributed by atoms with van der Waals surface area (Å²) in [5.74, 6) is -0.663. The van der Waals surface area contributed by atoms with E-state index < -0.39 is 5.91 Å². The van der Waals surface area contributed by atoms with Crippen LogP contribution in [0.25, 0.3) is 10.9 Å². The molecule has 0 radical (unpaired) electrons. The summed E-state index contributed by atoms with van der Waals surface area (Å²) in [6.45, 7) is 4.03. The number of nitrogens with one attached hydrogen (secondary N) is 1. The van der Waals surface area contributed by atoms with Crippen molar-refractivity contribution in [3.8, 4) is 0 Å². The number of hydrogen-bond donors (Lipinski definition) is 1. The number of halogens is 2. The molecule has 0 aliphatic heterocycles. The Bertz CT molecular complexity index is 1170. The Morgan fingerprint density at radius 1 is 1.13 bits per heavy atom. The van der Waals surface area contributed by atoms with E-state index in [1.54, 1.807) is 37.3 Å². The van der Waals surface area contributed by atoms with Crippen molar-refractivity contribution >= 4 is 51.6 Å². The van der Waals surface area contributed by atoms with Gasteiger partial charge in [0.05, 0.1) is 39.5 Å². The minimum atomic E-state index is -0.412. The zero-order valence-corrected chi connectivity index (χ0v) is 18.7. The van der Waals surface area contributed by atoms with Crippen molar-refractivity contribution in [3.05, 3.63) is 68.7 Å². The number of rotatable bonds is 7. The van der Waals surface area contributed by atoms with Crippen LogP contribution in [0.15, 0.2) is 47.5 Å². The quantitative estimate of drug-likeness (QED) is 0.579. The average molecular weight is 461 g/mol. The molecule has 0 aliphatic carbocycles. The van der Waals surface area contributed by atoms with Crippen LogP contribution in [0.1, 0.15) is 18.9 Å². The second-order valence-corrected chi connectivity index (χ2v) is 7.83. The van der Waals surface area contributed by atoms with Crippen LogP contribution in [0.5, 0.6) is 0 Å².